The molecule has 26 heavy (non-hydrogen) atoms. The minimum Gasteiger partial charge on any atom is -0.393 e. The van der Waals surface area contributed by atoms with E-state index in [0.29, 0.717) is 29.7 Å². The molecule has 0 unspecified atom stereocenters. The van der Waals surface area contributed by atoms with Crippen molar-refractivity contribution in [1.29, 1.82) is 0 Å². The molecule has 1 aliphatic heterocycles. The first-order valence-corrected chi connectivity index (χ1v) is 9.76. The Kier molecular flexibility index (Phi) is 6.43. The normalized spacial score (nSPS) is 25.0. The molecule has 1 saturated heterocycles. The van der Waals surface area contributed by atoms with Crippen LogP contribution >= 0.6 is 0 Å². The van der Waals surface area contributed by atoms with Crippen molar-refractivity contribution in [1.82, 2.24) is 20.2 Å². The SMILES string of the molecule is Cc1ncc(C(=O)NCC2CCN(C)CC2)c(NC2CCC(O)CC2)n1. The molecular formula is C19H31N5O2. The van der Waals surface area contributed by atoms with Crippen molar-refractivity contribution in [3.63, 3.8) is 0 Å². The molecule has 3 rings (SSSR count). The summed E-state index contributed by atoms with van der Waals surface area (Å²) in [6.45, 7) is 4.72. The number of rotatable bonds is 5. The van der Waals surface area contributed by atoms with E-state index in [1.165, 1.54) is 0 Å². The number of aromatic nitrogens is 2. The van der Waals surface area contributed by atoms with Gasteiger partial charge in [0.25, 0.3) is 5.91 Å². The van der Waals surface area contributed by atoms with Gasteiger partial charge in [0.05, 0.1) is 6.10 Å². The smallest absolute Gasteiger partial charge is 0.256 e. The third kappa shape index (κ3) is 5.14. The lowest BCUT2D eigenvalue weighted by atomic mass is 9.93. The van der Waals surface area contributed by atoms with Crippen LogP contribution in [-0.4, -0.2) is 64.7 Å². The van der Waals surface area contributed by atoms with Crippen molar-refractivity contribution in [2.75, 3.05) is 32.0 Å². The Bertz CT molecular complexity index is 608. The van der Waals surface area contributed by atoms with E-state index < -0.39 is 0 Å². The number of anilines is 1. The quantitative estimate of drug-likeness (QED) is 0.738. The van der Waals surface area contributed by atoms with Crippen molar-refractivity contribution in [3.05, 3.63) is 17.6 Å². The molecule has 0 bridgehead atoms. The Hall–Kier alpha value is -1.73. The summed E-state index contributed by atoms with van der Waals surface area (Å²) in [5.41, 5.74) is 0.509. The van der Waals surface area contributed by atoms with Gasteiger partial charge in [0.2, 0.25) is 0 Å². The van der Waals surface area contributed by atoms with E-state index in [-0.39, 0.29) is 18.1 Å². The first-order valence-electron chi connectivity index (χ1n) is 9.76. The summed E-state index contributed by atoms with van der Waals surface area (Å²) in [6.07, 6.45) is 7.03. The molecule has 144 valence electrons. The molecule has 7 heteroatoms. The molecule has 0 spiro atoms. The van der Waals surface area contributed by atoms with Crippen molar-refractivity contribution < 1.29 is 9.90 Å². The second kappa shape index (κ2) is 8.77. The predicted octanol–water partition coefficient (Wildman–Crippen LogP) is 1.57. The van der Waals surface area contributed by atoms with E-state index in [1.54, 1.807) is 6.20 Å². The molecule has 1 aliphatic carbocycles. The topological polar surface area (TPSA) is 90.4 Å². The number of aliphatic hydroxyl groups is 1. The average Bonchev–Trinajstić information content (AvgIpc) is 2.63. The zero-order valence-corrected chi connectivity index (χ0v) is 15.9. The van der Waals surface area contributed by atoms with Crippen molar-refractivity contribution in [3.8, 4) is 0 Å². The summed E-state index contributed by atoms with van der Waals surface area (Å²) in [6, 6.07) is 0.244. The van der Waals surface area contributed by atoms with Crippen LogP contribution in [0.5, 0.6) is 0 Å². The first kappa shape index (κ1) is 19.0. The number of piperidine rings is 1. The summed E-state index contributed by atoms with van der Waals surface area (Å²) in [5.74, 6) is 1.69. The van der Waals surface area contributed by atoms with Gasteiger partial charge in [-0.3, -0.25) is 4.79 Å². The highest BCUT2D eigenvalue weighted by molar-refractivity contribution is 5.98. The standard InChI is InChI=1S/C19H31N5O2/c1-13-20-12-17(18(22-13)23-15-3-5-16(25)6-4-15)19(26)21-11-14-7-9-24(2)10-8-14/h12,14-16,25H,3-11H2,1-2H3,(H,21,26)(H,20,22,23). The fourth-order valence-electron chi connectivity index (χ4n) is 3.76. The van der Waals surface area contributed by atoms with Gasteiger partial charge < -0.3 is 20.6 Å². The van der Waals surface area contributed by atoms with Crippen molar-refractivity contribution in [2.45, 2.75) is 57.6 Å². The number of hydrogen-bond acceptors (Lipinski definition) is 6. The highest BCUT2D eigenvalue weighted by Crippen LogP contribution is 2.23. The average molecular weight is 361 g/mol. The maximum atomic E-state index is 12.7. The van der Waals surface area contributed by atoms with E-state index in [4.69, 9.17) is 0 Å². The zero-order valence-electron chi connectivity index (χ0n) is 15.9. The van der Waals surface area contributed by atoms with Crippen LogP contribution in [0.4, 0.5) is 5.82 Å². The van der Waals surface area contributed by atoms with Gasteiger partial charge in [-0.25, -0.2) is 9.97 Å². The lowest BCUT2D eigenvalue weighted by molar-refractivity contribution is 0.0938. The Morgan fingerprint density at radius 2 is 1.92 bits per heavy atom. The molecule has 1 aromatic heterocycles. The van der Waals surface area contributed by atoms with Crippen molar-refractivity contribution in [2.24, 2.45) is 5.92 Å². The predicted molar refractivity (Wildman–Crippen MR) is 101 cm³/mol. The monoisotopic (exact) mass is 361 g/mol. The minimum atomic E-state index is -0.197. The van der Waals surface area contributed by atoms with E-state index in [1.807, 2.05) is 6.92 Å². The number of aliphatic hydroxyl groups excluding tert-OH is 1. The van der Waals surface area contributed by atoms with Gasteiger partial charge in [-0.2, -0.15) is 0 Å². The molecule has 1 aromatic rings. The van der Waals surface area contributed by atoms with Crippen LogP contribution in [0, 0.1) is 12.8 Å². The second-order valence-electron chi connectivity index (χ2n) is 7.79. The van der Waals surface area contributed by atoms with E-state index in [0.717, 1.165) is 51.6 Å². The minimum absolute atomic E-state index is 0.109. The van der Waals surface area contributed by atoms with E-state index in [2.05, 4.69) is 32.5 Å². The number of carbonyl (C=O) groups excluding carboxylic acids is 1. The molecule has 2 heterocycles. The van der Waals surface area contributed by atoms with Crippen LogP contribution in [0.25, 0.3) is 0 Å². The molecule has 2 fully saturated rings. The summed E-state index contributed by atoms with van der Waals surface area (Å²) in [5, 5.41) is 16.1. The van der Waals surface area contributed by atoms with Gasteiger partial charge in [0.15, 0.2) is 0 Å². The van der Waals surface area contributed by atoms with Gasteiger partial charge in [0.1, 0.15) is 17.2 Å². The Labute approximate surface area is 155 Å². The maximum absolute atomic E-state index is 12.7. The fraction of sp³-hybridized carbons (Fsp3) is 0.737. The number of carbonyl (C=O) groups is 1. The largest absolute Gasteiger partial charge is 0.393 e. The fourth-order valence-corrected chi connectivity index (χ4v) is 3.76. The highest BCUT2D eigenvalue weighted by atomic mass is 16.3. The number of aryl methyl sites for hydroxylation is 1. The van der Waals surface area contributed by atoms with Crippen LogP contribution in [0.15, 0.2) is 6.20 Å². The van der Waals surface area contributed by atoms with Crippen LogP contribution in [0.3, 0.4) is 0 Å². The molecule has 2 aliphatic rings. The summed E-state index contributed by atoms with van der Waals surface area (Å²) < 4.78 is 0. The summed E-state index contributed by atoms with van der Waals surface area (Å²) >= 11 is 0. The number of likely N-dealkylation sites (tertiary alicyclic amines) is 1. The molecule has 1 amide bonds. The van der Waals surface area contributed by atoms with Gasteiger partial charge in [-0.15, -0.1) is 0 Å². The molecule has 0 aromatic carbocycles. The number of hydrogen-bond donors (Lipinski definition) is 3. The Morgan fingerprint density at radius 1 is 1.23 bits per heavy atom. The molecule has 0 radical (unpaired) electrons. The van der Waals surface area contributed by atoms with Gasteiger partial charge >= 0.3 is 0 Å². The van der Waals surface area contributed by atoms with E-state index >= 15 is 0 Å². The van der Waals surface area contributed by atoms with Gasteiger partial charge in [0, 0.05) is 18.8 Å². The lowest BCUT2D eigenvalue weighted by Gasteiger charge is -2.29. The molecule has 0 atom stereocenters. The van der Waals surface area contributed by atoms with Gasteiger partial charge in [-0.1, -0.05) is 0 Å². The first-order chi connectivity index (χ1) is 12.5. The van der Waals surface area contributed by atoms with Crippen molar-refractivity contribution >= 4 is 11.7 Å². The van der Waals surface area contributed by atoms with Crippen LogP contribution < -0.4 is 10.6 Å². The molecule has 7 nitrogen and oxygen atoms in total. The third-order valence-corrected chi connectivity index (χ3v) is 5.58. The number of nitrogens with one attached hydrogen (secondary N) is 2. The second-order valence-corrected chi connectivity index (χ2v) is 7.79. The molecular weight excluding hydrogens is 330 g/mol. The summed E-state index contributed by atoms with van der Waals surface area (Å²) in [4.78, 5) is 23.7. The third-order valence-electron chi connectivity index (χ3n) is 5.58. The summed E-state index contributed by atoms with van der Waals surface area (Å²) in [7, 11) is 2.14. The lowest BCUT2D eigenvalue weighted by Crippen LogP contribution is -2.37. The van der Waals surface area contributed by atoms with E-state index in [9.17, 15) is 9.90 Å². The number of nitrogens with zero attached hydrogens (tertiary/aromatic N) is 3. The number of amides is 1. The van der Waals surface area contributed by atoms with Crippen LogP contribution in [0.2, 0.25) is 0 Å². The van der Waals surface area contributed by atoms with Crippen LogP contribution in [0.1, 0.15) is 54.7 Å². The molecule has 3 N–H and O–H groups in total. The zero-order chi connectivity index (χ0) is 18.5. The molecule has 1 saturated carbocycles. The maximum Gasteiger partial charge on any atom is 0.256 e. The Morgan fingerprint density at radius 3 is 2.62 bits per heavy atom. The highest BCUT2D eigenvalue weighted by Gasteiger charge is 2.23. The van der Waals surface area contributed by atoms with Gasteiger partial charge in [-0.05, 0) is 71.5 Å². The van der Waals surface area contributed by atoms with Crippen LogP contribution in [-0.2, 0) is 0 Å². The Balaban J connectivity index is 1.60.